The molecule has 3 nitrogen and oxygen atoms in total. The van der Waals surface area contributed by atoms with Crippen LogP contribution in [0.2, 0.25) is 5.02 Å². The van der Waals surface area contributed by atoms with E-state index in [4.69, 9.17) is 16.3 Å². The third-order valence-electron chi connectivity index (χ3n) is 3.84. The smallest absolute Gasteiger partial charge is 0.307 e. The molecule has 25 heavy (non-hydrogen) atoms. The van der Waals surface area contributed by atoms with Gasteiger partial charge >= 0.3 is 5.97 Å². The number of nitrogens with zero attached hydrogens (tertiary/aromatic N) is 1. The lowest BCUT2D eigenvalue weighted by Crippen LogP contribution is -2.14. The molecule has 0 aliphatic carbocycles. The largest absolute Gasteiger partial charge is 0.451 e. The molecule has 1 unspecified atom stereocenters. The molecule has 0 radical (unpaired) electrons. The van der Waals surface area contributed by atoms with Gasteiger partial charge in [-0.25, -0.2) is 0 Å². The minimum absolute atomic E-state index is 0.255. The van der Waals surface area contributed by atoms with Crippen LogP contribution in [0.5, 0.6) is 0 Å². The molecule has 1 aromatic heterocycles. The Morgan fingerprint density at radius 2 is 1.68 bits per heavy atom. The van der Waals surface area contributed by atoms with Crippen molar-refractivity contribution < 1.29 is 9.53 Å². The van der Waals surface area contributed by atoms with Gasteiger partial charge in [-0.1, -0.05) is 60.1 Å². The van der Waals surface area contributed by atoms with Crippen LogP contribution < -0.4 is 0 Å². The summed E-state index contributed by atoms with van der Waals surface area (Å²) in [5.74, 6) is -0.255. The van der Waals surface area contributed by atoms with Crippen LogP contribution in [0.15, 0.2) is 79.0 Å². The molecule has 0 spiro atoms. The lowest BCUT2D eigenvalue weighted by Gasteiger charge is -2.18. The SMILES string of the molecule is O=C(CCc1ccc(Cl)cc1)OC(c1ccccc1)c1ccccn1. The van der Waals surface area contributed by atoms with Gasteiger partial charge in [0.1, 0.15) is 0 Å². The Morgan fingerprint density at radius 1 is 0.960 bits per heavy atom. The monoisotopic (exact) mass is 351 g/mol. The number of hydrogen-bond donors (Lipinski definition) is 0. The quantitative estimate of drug-likeness (QED) is 0.586. The molecule has 1 heterocycles. The van der Waals surface area contributed by atoms with Crippen molar-refractivity contribution in [3.8, 4) is 0 Å². The van der Waals surface area contributed by atoms with Crippen LogP contribution in [0.3, 0.4) is 0 Å². The summed E-state index contributed by atoms with van der Waals surface area (Å²) in [5, 5.41) is 0.686. The number of esters is 1. The van der Waals surface area contributed by atoms with Crippen LogP contribution in [0.1, 0.15) is 29.3 Å². The van der Waals surface area contributed by atoms with Crippen LogP contribution in [-0.4, -0.2) is 11.0 Å². The lowest BCUT2D eigenvalue weighted by atomic mass is 10.1. The first-order valence-corrected chi connectivity index (χ1v) is 8.50. The molecule has 3 rings (SSSR count). The van der Waals surface area contributed by atoms with Gasteiger partial charge in [0, 0.05) is 17.6 Å². The minimum Gasteiger partial charge on any atom is -0.451 e. The highest BCUT2D eigenvalue weighted by Crippen LogP contribution is 2.25. The van der Waals surface area contributed by atoms with E-state index in [2.05, 4.69) is 4.98 Å². The molecular formula is C21H18ClNO2. The molecule has 0 saturated carbocycles. The molecule has 4 heteroatoms. The highest BCUT2D eigenvalue weighted by molar-refractivity contribution is 6.30. The fourth-order valence-corrected chi connectivity index (χ4v) is 2.67. The number of halogens is 1. The maximum absolute atomic E-state index is 12.4. The van der Waals surface area contributed by atoms with Crippen LogP contribution in [0.25, 0.3) is 0 Å². The number of aryl methyl sites for hydroxylation is 1. The number of carbonyl (C=O) groups is 1. The van der Waals surface area contributed by atoms with E-state index in [1.807, 2.05) is 72.8 Å². The van der Waals surface area contributed by atoms with E-state index in [1.165, 1.54) is 0 Å². The van der Waals surface area contributed by atoms with E-state index in [-0.39, 0.29) is 5.97 Å². The maximum atomic E-state index is 12.4. The van der Waals surface area contributed by atoms with Crippen LogP contribution >= 0.6 is 11.6 Å². The number of carbonyl (C=O) groups excluding carboxylic acids is 1. The summed E-state index contributed by atoms with van der Waals surface area (Å²) in [6, 6.07) is 22.7. The molecule has 0 saturated heterocycles. The molecule has 3 aromatic rings. The van der Waals surface area contributed by atoms with Gasteiger partial charge in [-0.3, -0.25) is 9.78 Å². The summed E-state index contributed by atoms with van der Waals surface area (Å²) < 4.78 is 5.74. The van der Waals surface area contributed by atoms with E-state index in [0.29, 0.717) is 23.6 Å². The maximum Gasteiger partial charge on any atom is 0.307 e. The first-order chi connectivity index (χ1) is 12.2. The van der Waals surface area contributed by atoms with Crippen molar-refractivity contribution in [1.82, 2.24) is 4.98 Å². The van der Waals surface area contributed by atoms with Gasteiger partial charge in [0.15, 0.2) is 6.10 Å². The van der Waals surface area contributed by atoms with Crippen molar-refractivity contribution in [3.63, 3.8) is 0 Å². The van der Waals surface area contributed by atoms with Gasteiger partial charge in [-0.2, -0.15) is 0 Å². The van der Waals surface area contributed by atoms with Crippen molar-refractivity contribution in [2.45, 2.75) is 18.9 Å². The Hall–Kier alpha value is -2.65. The number of rotatable bonds is 6. The van der Waals surface area contributed by atoms with Crippen molar-refractivity contribution >= 4 is 17.6 Å². The number of benzene rings is 2. The number of hydrogen-bond acceptors (Lipinski definition) is 3. The molecule has 0 fully saturated rings. The first-order valence-electron chi connectivity index (χ1n) is 8.12. The molecule has 2 aromatic carbocycles. The molecule has 1 atom stereocenters. The van der Waals surface area contributed by atoms with Crippen molar-refractivity contribution in [2.75, 3.05) is 0 Å². The van der Waals surface area contributed by atoms with Gasteiger partial charge in [0.25, 0.3) is 0 Å². The van der Waals surface area contributed by atoms with Crippen molar-refractivity contribution in [2.24, 2.45) is 0 Å². The van der Waals surface area contributed by atoms with Crippen LogP contribution in [0, 0.1) is 0 Å². The zero-order valence-electron chi connectivity index (χ0n) is 13.6. The number of pyridine rings is 1. The highest BCUT2D eigenvalue weighted by Gasteiger charge is 2.19. The Kier molecular flexibility index (Phi) is 5.81. The van der Waals surface area contributed by atoms with E-state index in [9.17, 15) is 4.79 Å². The minimum atomic E-state index is -0.500. The predicted octanol–water partition coefficient (Wildman–Crippen LogP) is 5.00. The third-order valence-corrected chi connectivity index (χ3v) is 4.09. The standard InChI is InChI=1S/C21H18ClNO2/c22-18-12-9-16(10-13-18)11-14-20(24)25-21(17-6-2-1-3-7-17)19-8-4-5-15-23-19/h1-10,12-13,15,21H,11,14H2. The number of aromatic nitrogens is 1. The Balaban J connectivity index is 1.69. The average molecular weight is 352 g/mol. The topological polar surface area (TPSA) is 39.2 Å². The first kappa shape index (κ1) is 17.2. The number of ether oxygens (including phenoxy) is 1. The second-order valence-corrected chi connectivity index (χ2v) is 6.10. The fourth-order valence-electron chi connectivity index (χ4n) is 2.55. The lowest BCUT2D eigenvalue weighted by molar-refractivity contribution is -0.147. The van der Waals surface area contributed by atoms with Gasteiger partial charge in [0.2, 0.25) is 0 Å². The van der Waals surface area contributed by atoms with Gasteiger partial charge < -0.3 is 4.74 Å². The van der Waals surface area contributed by atoms with E-state index >= 15 is 0 Å². The van der Waals surface area contributed by atoms with Crippen molar-refractivity contribution in [1.29, 1.82) is 0 Å². The Bertz CT molecular complexity index is 765. The van der Waals surface area contributed by atoms with Crippen molar-refractivity contribution in [3.05, 3.63) is 101 Å². The summed E-state index contributed by atoms with van der Waals surface area (Å²) in [6.07, 6.45) is 2.12. The molecule has 0 bridgehead atoms. The van der Waals surface area contributed by atoms with E-state index in [1.54, 1.807) is 6.20 Å². The van der Waals surface area contributed by atoms with Gasteiger partial charge in [-0.15, -0.1) is 0 Å². The van der Waals surface area contributed by atoms with Gasteiger partial charge in [0.05, 0.1) is 5.69 Å². The second kappa shape index (κ2) is 8.45. The normalized spacial score (nSPS) is 11.7. The summed E-state index contributed by atoms with van der Waals surface area (Å²) in [6.45, 7) is 0. The average Bonchev–Trinajstić information content (AvgIpc) is 2.67. The summed E-state index contributed by atoms with van der Waals surface area (Å²) >= 11 is 5.88. The summed E-state index contributed by atoms with van der Waals surface area (Å²) in [4.78, 5) is 16.7. The summed E-state index contributed by atoms with van der Waals surface area (Å²) in [7, 11) is 0. The predicted molar refractivity (Wildman–Crippen MR) is 98.4 cm³/mol. The highest BCUT2D eigenvalue weighted by atomic mass is 35.5. The zero-order chi connectivity index (χ0) is 17.5. The molecule has 0 aliphatic rings. The second-order valence-electron chi connectivity index (χ2n) is 5.66. The Morgan fingerprint density at radius 3 is 2.36 bits per heavy atom. The zero-order valence-corrected chi connectivity index (χ0v) is 14.4. The summed E-state index contributed by atoms with van der Waals surface area (Å²) in [5.41, 5.74) is 2.67. The molecule has 0 N–H and O–H groups in total. The van der Waals surface area contributed by atoms with Crippen LogP contribution in [0.4, 0.5) is 0 Å². The molecule has 126 valence electrons. The van der Waals surface area contributed by atoms with Crippen LogP contribution in [-0.2, 0) is 16.0 Å². The van der Waals surface area contributed by atoms with Gasteiger partial charge in [-0.05, 0) is 41.8 Å². The van der Waals surface area contributed by atoms with E-state index in [0.717, 1.165) is 11.1 Å². The molecule has 0 amide bonds. The Labute approximate surface area is 152 Å². The van der Waals surface area contributed by atoms with E-state index < -0.39 is 6.10 Å². The molecular weight excluding hydrogens is 334 g/mol. The molecule has 0 aliphatic heterocycles. The third kappa shape index (κ3) is 4.91. The fraction of sp³-hybridized carbons (Fsp3) is 0.143.